The summed E-state index contributed by atoms with van der Waals surface area (Å²) in [6, 6.07) is -2.44. The number of rotatable bonds is 9. The van der Waals surface area contributed by atoms with Crippen molar-refractivity contribution in [2.45, 2.75) is 96.7 Å². The first kappa shape index (κ1) is 31.0. The van der Waals surface area contributed by atoms with Gasteiger partial charge in [0.15, 0.2) is 6.61 Å². The number of fused-ring (bicyclic) bond motifs is 5. The lowest BCUT2D eigenvalue weighted by Gasteiger charge is -2.58. The Hall–Kier alpha value is -2.90. The summed E-state index contributed by atoms with van der Waals surface area (Å²) in [5, 5.41) is 38.5. The summed E-state index contributed by atoms with van der Waals surface area (Å²) in [7, 11) is 0. The van der Waals surface area contributed by atoms with Gasteiger partial charge in [0.05, 0.1) is 12.3 Å². The second kappa shape index (κ2) is 11.8. The van der Waals surface area contributed by atoms with E-state index in [-0.39, 0.29) is 23.4 Å². The van der Waals surface area contributed by atoms with E-state index >= 15 is 0 Å². The molecule has 0 unspecified atom stereocenters. The van der Waals surface area contributed by atoms with Crippen LogP contribution in [0.3, 0.4) is 0 Å². The Kier molecular flexibility index (Phi) is 8.91. The average molecular weight is 572 g/mol. The van der Waals surface area contributed by atoms with Crippen LogP contribution in [-0.4, -0.2) is 69.7 Å². The molecule has 0 spiro atoms. The van der Waals surface area contributed by atoms with Gasteiger partial charge in [0, 0.05) is 5.41 Å². The summed E-state index contributed by atoms with van der Waals surface area (Å²) >= 11 is 0. The summed E-state index contributed by atoms with van der Waals surface area (Å²) in [4.78, 5) is 41.5. The highest BCUT2D eigenvalue weighted by Crippen LogP contribution is 2.67. The van der Waals surface area contributed by atoms with Gasteiger partial charge < -0.3 is 30.8 Å². The van der Waals surface area contributed by atoms with Crippen molar-refractivity contribution in [1.29, 1.82) is 0 Å². The maximum atomic E-state index is 12.5. The Bertz CT molecular complexity index is 1160. The first-order chi connectivity index (χ1) is 19.3. The van der Waals surface area contributed by atoms with Crippen molar-refractivity contribution in [2.24, 2.45) is 39.7 Å². The van der Waals surface area contributed by atoms with E-state index in [0.717, 1.165) is 50.7 Å². The van der Waals surface area contributed by atoms with Gasteiger partial charge in [-0.05, 0) is 86.5 Å². The second-order valence-electron chi connectivity index (χ2n) is 13.2. The van der Waals surface area contributed by atoms with Gasteiger partial charge >= 0.3 is 5.97 Å². The molecule has 10 heteroatoms. The Morgan fingerprint density at radius 3 is 2.46 bits per heavy atom. The summed E-state index contributed by atoms with van der Waals surface area (Å²) < 4.78 is 0. The van der Waals surface area contributed by atoms with Gasteiger partial charge in [0.1, 0.15) is 17.7 Å². The monoisotopic (exact) mass is 571 g/mol. The molecule has 0 bridgehead atoms. The maximum absolute atomic E-state index is 12.5. The SMILES string of the molecule is C#C[C@@]1(O)CC[C@H]2[C@@H]3CCC4=C/C(=N\OCC(=O)N[C@H](C(=O)N[C@H](CO)C(=O)O)C(C)C)CC[C@]4(C)[C@H]3CC[C@@]21C. The highest BCUT2D eigenvalue weighted by Gasteiger charge is 2.63. The number of aliphatic carboxylic acids is 1. The van der Waals surface area contributed by atoms with Crippen LogP contribution in [0.5, 0.6) is 0 Å². The largest absolute Gasteiger partial charge is 0.480 e. The Morgan fingerprint density at radius 2 is 1.83 bits per heavy atom. The molecule has 0 radical (unpaired) electrons. The van der Waals surface area contributed by atoms with E-state index in [9.17, 15) is 19.5 Å². The van der Waals surface area contributed by atoms with Gasteiger partial charge in [0.2, 0.25) is 5.91 Å². The average Bonchev–Trinajstić information content (AvgIpc) is 3.20. The van der Waals surface area contributed by atoms with E-state index < -0.39 is 42.1 Å². The number of amides is 2. The smallest absolute Gasteiger partial charge is 0.328 e. The van der Waals surface area contributed by atoms with Gasteiger partial charge in [-0.25, -0.2) is 4.79 Å². The standard InChI is InChI=1S/C31H45N3O7/c1-6-31(40)14-11-23-21-8-7-19-15-20(9-12-29(19,4)22(21)10-13-30(23,31)5)34-41-17-25(36)33-26(18(2)3)27(37)32-24(16-35)28(38)39/h1,15,18,21-24,26,35,40H,7-14,16-17H2,2-5H3,(H,32,37)(H,33,36)(H,38,39)/b34-20-/t21-,22+,23+,24-,26+,29+,30+,31-/m1/s1. The van der Waals surface area contributed by atoms with Gasteiger partial charge in [-0.3, -0.25) is 9.59 Å². The molecule has 0 heterocycles. The van der Waals surface area contributed by atoms with Gasteiger partial charge in [0.25, 0.3) is 5.91 Å². The lowest BCUT2D eigenvalue weighted by atomic mass is 9.46. The molecular formula is C31H45N3O7. The molecule has 0 saturated heterocycles. The third-order valence-corrected chi connectivity index (χ3v) is 10.8. The Balaban J connectivity index is 1.36. The zero-order valence-electron chi connectivity index (χ0n) is 24.6. The quantitative estimate of drug-likeness (QED) is 0.210. The molecule has 2 amide bonds. The van der Waals surface area contributed by atoms with Crippen LogP contribution in [0.4, 0.5) is 0 Å². The number of oxime groups is 1. The van der Waals surface area contributed by atoms with Gasteiger partial charge in [-0.15, -0.1) is 6.42 Å². The van der Waals surface area contributed by atoms with Crippen LogP contribution in [-0.2, 0) is 19.2 Å². The first-order valence-corrected chi connectivity index (χ1v) is 14.8. The van der Waals surface area contributed by atoms with E-state index in [1.807, 2.05) is 0 Å². The highest BCUT2D eigenvalue weighted by atomic mass is 16.6. The number of hydrogen-bond donors (Lipinski definition) is 5. The van der Waals surface area contributed by atoms with Crippen LogP contribution in [0, 0.1) is 46.8 Å². The van der Waals surface area contributed by atoms with E-state index in [1.165, 1.54) is 5.57 Å². The van der Waals surface area contributed by atoms with Crippen LogP contribution >= 0.6 is 0 Å². The number of allylic oxidation sites excluding steroid dienone is 2. The normalized spacial score (nSPS) is 36.6. The predicted octanol–water partition coefficient (Wildman–Crippen LogP) is 2.39. The summed E-state index contributed by atoms with van der Waals surface area (Å²) in [6.45, 7) is 6.86. The fourth-order valence-electron chi connectivity index (χ4n) is 8.27. The van der Waals surface area contributed by atoms with Crippen molar-refractivity contribution in [3.63, 3.8) is 0 Å². The summed E-state index contributed by atoms with van der Waals surface area (Å²) in [5.41, 5.74) is 1.01. The van der Waals surface area contributed by atoms with Crippen LogP contribution in [0.15, 0.2) is 16.8 Å². The van der Waals surface area contributed by atoms with Crippen LogP contribution in [0.2, 0.25) is 0 Å². The molecule has 0 aromatic carbocycles. The molecule has 0 aliphatic heterocycles. The number of carboxylic acids is 1. The fourth-order valence-corrected chi connectivity index (χ4v) is 8.27. The third kappa shape index (κ3) is 5.63. The Labute approximate surface area is 242 Å². The summed E-state index contributed by atoms with van der Waals surface area (Å²) in [6.07, 6.45) is 15.3. The molecule has 4 rings (SSSR count). The number of nitrogens with one attached hydrogen (secondary N) is 2. The number of carboxylic acid groups (broad SMARTS) is 1. The molecule has 3 saturated carbocycles. The fraction of sp³-hybridized carbons (Fsp3) is 0.742. The topological polar surface area (TPSA) is 158 Å². The minimum atomic E-state index is -1.45. The van der Waals surface area contributed by atoms with E-state index in [0.29, 0.717) is 24.2 Å². The molecule has 8 atom stereocenters. The van der Waals surface area contributed by atoms with Crippen molar-refractivity contribution in [1.82, 2.24) is 10.6 Å². The van der Waals surface area contributed by atoms with Crippen LogP contribution < -0.4 is 10.6 Å². The van der Waals surface area contributed by atoms with Crippen molar-refractivity contribution in [2.75, 3.05) is 13.2 Å². The molecular weight excluding hydrogens is 526 g/mol. The number of aliphatic hydroxyl groups is 2. The zero-order valence-corrected chi connectivity index (χ0v) is 24.6. The molecule has 0 aromatic rings. The number of aliphatic hydroxyl groups excluding tert-OH is 1. The van der Waals surface area contributed by atoms with E-state index in [4.69, 9.17) is 21.5 Å². The minimum Gasteiger partial charge on any atom is -0.480 e. The molecule has 226 valence electrons. The lowest BCUT2D eigenvalue weighted by Crippen LogP contribution is -2.55. The zero-order chi connectivity index (χ0) is 30.2. The van der Waals surface area contributed by atoms with Crippen LogP contribution in [0.1, 0.15) is 79.1 Å². The minimum absolute atomic E-state index is 0.0672. The number of carbonyl (C=O) groups is 3. The lowest BCUT2D eigenvalue weighted by molar-refractivity contribution is -0.143. The molecule has 3 fully saturated rings. The molecule has 4 aliphatic rings. The number of nitrogens with zero attached hydrogens (tertiary/aromatic N) is 1. The maximum Gasteiger partial charge on any atom is 0.328 e. The van der Waals surface area contributed by atoms with E-state index in [2.05, 4.69) is 41.6 Å². The van der Waals surface area contributed by atoms with Crippen molar-refractivity contribution in [3.8, 4) is 12.3 Å². The Morgan fingerprint density at radius 1 is 1.12 bits per heavy atom. The first-order valence-electron chi connectivity index (χ1n) is 14.8. The third-order valence-electron chi connectivity index (χ3n) is 10.8. The van der Waals surface area contributed by atoms with Crippen LogP contribution in [0.25, 0.3) is 0 Å². The molecule has 0 aromatic heterocycles. The van der Waals surface area contributed by atoms with Crippen molar-refractivity contribution in [3.05, 3.63) is 11.6 Å². The van der Waals surface area contributed by atoms with Gasteiger partial charge in [-0.2, -0.15) is 0 Å². The molecule has 5 N–H and O–H groups in total. The molecule has 4 aliphatic carbocycles. The van der Waals surface area contributed by atoms with Crippen molar-refractivity contribution >= 4 is 23.5 Å². The highest BCUT2D eigenvalue weighted by molar-refractivity contribution is 5.96. The van der Waals surface area contributed by atoms with Crippen molar-refractivity contribution < 1.29 is 34.5 Å². The van der Waals surface area contributed by atoms with E-state index in [1.54, 1.807) is 13.8 Å². The van der Waals surface area contributed by atoms with Gasteiger partial charge in [-0.1, -0.05) is 44.3 Å². The predicted molar refractivity (Wildman–Crippen MR) is 152 cm³/mol. The number of hydrogen-bond acceptors (Lipinski definition) is 7. The molecule has 10 nitrogen and oxygen atoms in total. The molecule has 41 heavy (non-hydrogen) atoms. The second-order valence-corrected chi connectivity index (χ2v) is 13.2. The summed E-state index contributed by atoms with van der Waals surface area (Å²) in [5.74, 6) is 1.33. The number of terminal acetylenes is 1. The number of carbonyl (C=O) groups excluding carboxylic acids is 2.